The summed E-state index contributed by atoms with van der Waals surface area (Å²) in [5.41, 5.74) is -0.206. The second-order valence-electron chi connectivity index (χ2n) is 6.93. The van der Waals surface area contributed by atoms with Crippen molar-refractivity contribution in [2.45, 2.75) is 65.1 Å². The molecule has 0 aliphatic carbocycles. The number of hydrogen-bond donors (Lipinski definition) is 0. The van der Waals surface area contributed by atoms with Gasteiger partial charge in [0.05, 0.1) is 18.8 Å². The predicted octanol–water partition coefficient (Wildman–Crippen LogP) is 2.71. The Balaban J connectivity index is 2.10. The highest BCUT2D eigenvalue weighted by atomic mass is 16.7. The molecule has 0 saturated carbocycles. The van der Waals surface area contributed by atoms with Crippen LogP contribution in [0.1, 0.15) is 41.0 Å². The zero-order chi connectivity index (χ0) is 15.1. The van der Waals surface area contributed by atoms with E-state index in [4.69, 9.17) is 14.2 Å². The summed E-state index contributed by atoms with van der Waals surface area (Å²) in [6, 6.07) is 0. The number of carbonyl (C=O) groups is 1. The highest BCUT2D eigenvalue weighted by molar-refractivity contribution is 5.82. The molecule has 2 rings (SSSR count). The molecule has 2 saturated heterocycles. The largest absolute Gasteiger partial charge is 0.369 e. The molecular formula is C16H26O4. The first kappa shape index (κ1) is 15.7. The monoisotopic (exact) mass is 282 g/mol. The molecule has 0 radical (unpaired) electrons. The summed E-state index contributed by atoms with van der Waals surface area (Å²) in [6.07, 6.45) is 1.82. The molecule has 1 unspecified atom stereocenters. The van der Waals surface area contributed by atoms with Gasteiger partial charge in [-0.1, -0.05) is 26.8 Å². The molecule has 0 aromatic heterocycles. The smallest absolute Gasteiger partial charge is 0.163 e. The molecule has 0 aromatic rings. The van der Waals surface area contributed by atoms with E-state index in [9.17, 15) is 4.79 Å². The Hall–Kier alpha value is -0.710. The lowest BCUT2D eigenvalue weighted by Crippen LogP contribution is -2.51. The van der Waals surface area contributed by atoms with E-state index in [0.29, 0.717) is 13.0 Å². The van der Waals surface area contributed by atoms with Gasteiger partial charge in [-0.15, -0.1) is 6.58 Å². The molecule has 4 heteroatoms. The van der Waals surface area contributed by atoms with Gasteiger partial charge < -0.3 is 14.2 Å². The molecule has 0 aromatic carbocycles. The van der Waals surface area contributed by atoms with Crippen molar-refractivity contribution in [3.8, 4) is 0 Å². The maximum atomic E-state index is 12.1. The van der Waals surface area contributed by atoms with Crippen molar-refractivity contribution in [3.05, 3.63) is 12.7 Å². The Bertz CT molecular complexity index is 399. The second kappa shape index (κ2) is 5.24. The summed E-state index contributed by atoms with van der Waals surface area (Å²) < 4.78 is 17.7. The van der Waals surface area contributed by atoms with Gasteiger partial charge in [-0.3, -0.25) is 4.79 Å². The zero-order valence-corrected chi connectivity index (χ0v) is 13.1. The first-order chi connectivity index (χ1) is 9.17. The van der Waals surface area contributed by atoms with Crippen molar-refractivity contribution >= 4 is 5.78 Å². The van der Waals surface area contributed by atoms with E-state index in [-0.39, 0.29) is 35.4 Å². The number of carbonyl (C=O) groups excluding carboxylic acids is 1. The molecule has 0 N–H and O–H groups in total. The Kier molecular flexibility index (Phi) is 4.11. The van der Waals surface area contributed by atoms with Crippen LogP contribution in [0.5, 0.6) is 0 Å². The van der Waals surface area contributed by atoms with Crippen molar-refractivity contribution in [3.63, 3.8) is 0 Å². The van der Waals surface area contributed by atoms with E-state index in [1.165, 1.54) is 0 Å². The SMILES string of the molecule is C=CC(C)C(=O)C[C@H]1O[C@@H]2COC(C)(C)O[C@@H]2C1(C)C. The lowest BCUT2D eigenvalue weighted by Gasteiger charge is -2.41. The summed E-state index contributed by atoms with van der Waals surface area (Å²) in [5, 5.41) is 0. The number of ketones is 1. The third-order valence-electron chi connectivity index (χ3n) is 4.49. The summed E-state index contributed by atoms with van der Waals surface area (Å²) in [5.74, 6) is -0.558. The Labute approximate surface area is 121 Å². The predicted molar refractivity (Wildman–Crippen MR) is 76.3 cm³/mol. The van der Waals surface area contributed by atoms with Gasteiger partial charge in [0.15, 0.2) is 5.79 Å². The van der Waals surface area contributed by atoms with Crippen molar-refractivity contribution in [1.82, 2.24) is 0 Å². The van der Waals surface area contributed by atoms with Gasteiger partial charge in [-0.05, 0) is 13.8 Å². The average molecular weight is 282 g/mol. The van der Waals surface area contributed by atoms with Gasteiger partial charge >= 0.3 is 0 Å². The molecule has 4 atom stereocenters. The molecule has 4 nitrogen and oxygen atoms in total. The van der Waals surface area contributed by atoms with Crippen LogP contribution in [0, 0.1) is 11.3 Å². The van der Waals surface area contributed by atoms with Crippen molar-refractivity contribution < 1.29 is 19.0 Å². The summed E-state index contributed by atoms with van der Waals surface area (Å²) in [7, 11) is 0. The van der Waals surface area contributed by atoms with Crippen LogP contribution < -0.4 is 0 Å². The maximum absolute atomic E-state index is 12.1. The van der Waals surface area contributed by atoms with E-state index >= 15 is 0 Å². The first-order valence-electron chi connectivity index (χ1n) is 7.30. The molecule has 2 aliphatic rings. The van der Waals surface area contributed by atoms with Gasteiger partial charge in [0.25, 0.3) is 0 Å². The highest BCUT2D eigenvalue weighted by Crippen LogP contribution is 2.46. The minimum Gasteiger partial charge on any atom is -0.369 e. The van der Waals surface area contributed by atoms with E-state index in [2.05, 4.69) is 20.4 Å². The van der Waals surface area contributed by atoms with E-state index < -0.39 is 5.79 Å². The number of Topliss-reactive ketones (excluding diaryl/α,β-unsaturated/α-hetero) is 1. The highest BCUT2D eigenvalue weighted by Gasteiger charge is 2.55. The Morgan fingerprint density at radius 2 is 2.05 bits per heavy atom. The fourth-order valence-corrected chi connectivity index (χ4v) is 2.91. The Morgan fingerprint density at radius 3 is 2.65 bits per heavy atom. The molecule has 114 valence electrons. The van der Waals surface area contributed by atoms with Crippen LogP contribution in [-0.4, -0.2) is 36.5 Å². The minimum atomic E-state index is -0.588. The van der Waals surface area contributed by atoms with Crippen LogP contribution in [0.3, 0.4) is 0 Å². The molecule has 0 spiro atoms. The number of hydrogen-bond acceptors (Lipinski definition) is 4. The van der Waals surface area contributed by atoms with Gasteiger partial charge in [0.2, 0.25) is 0 Å². The molecule has 2 aliphatic heterocycles. The third-order valence-corrected chi connectivity index (χ3v) is 4.49. The van der Waals surface area contributed by atoms with Crippen molar-refractivity contribution in [2.24, 2.45) is 11.3 Å². The number of rotatable bonds is 4. The molecular weight excluding hydrogens is 256 g/mol. The lowest BCUT2D eigenvalue weighted by atomic mass is 9.78. The van der Waals surface area contributed by atoms with Gasteiger partial charge in [-0.2, -0.15) is 0 Å². The molecule has 2 heterocycles. The normalized spacial score (nSPS) is 36.1. The topological polar surface area (TPSA) is 44.8 Å². The third kappa shape index (κ3) is 2.83. The zero-order valence-electron chi connectivity index (χ0n) is 13.1. The van der Waals surface area contributed by atoms with Crippen LogP contribution in [0.25, 0.3) is 0 Å². The molecule has 0 bridgehead atoms. The van der Waals surface area contributed by atoms with E-state index in [1.54, 1.807) is 6.08 Å². The second-order valence-corrected chi connectivity index (χ2v) is 6.93. The van der Waals surface area contributed by atoms with Crippen LogP contribution in [0.2, 0.25) is 0 Å². The average Bonchev–Trinajstić information content (AvgIpc) is 2.60. The molecule has 0 amide bonds. The fourth-order valence-electron chi connectivity index (χ4n) is 2.91. The van der Waals surface area contributed by atoms with Gasteiger partial charge in [0.1, 0.15) is 11.9 Å². The van der Waals surface area contributed by atoms with Gasteiger partial charge in [0, 0.05) is 17.8 Å². The van der Waals surface area contributed by atoms with E-state index in [1.807, 2.05) is 20.8 Å². The number of ether oxygens (including phenoxy) is 3. The fraction of sp³-hybridized carbons (Fsp3) is 0.812. The van der Waals surface area contributed by atoms with Crippen LogP contribution in [0.15, 0.2) is 12.7 Å². The van der Waals surface area contributed by atoms with Crippen LogP contribution in [-0.2, 0) is 19.0 Å². The van der Waals surface area contributed by atoms with E-state index in [0.717, 1.165) is 0 Å². The minimum absolute atomic E-state index is 0.0388. The summed E-state index contributed by atoms with van der Waals surface area (Å²) >= 11 is 0. The van der Waals surface area contributed by atoms with Crippen molar-refractivity contribution in [1.29, 1.82) is 0 Å². The molecule has 20 heavy (non-hydrogen) atoms. The molecule has 2 fully saturated rings. The quantitative estimate of drug-likeness (QED) is 0.744. The maximum Gasteiger partial charge on any atom is 0.163 e. The summed E-state index contributed by atoms with van der Waals surface area (Å²) in [4.78, 5) is 12.1. The standard InChI is InChI=1S/C16H26O4/c1-7-10(2)11(17)8-13-15(3,4)14-12(19-13)9-18-16(5,6)20-14/h7,10,12-14H,1,8-9H2,2-6H3/t10?,12-,13-,14+/m1/s1. The number of fused-ring (bicyclic) bond motifs is 1. The first-order valence-corrected chi connectivity index (χ1v) is 7.30. The van der Waals surface area contributed by atoms with Crippen LogP contribution in [0.4, 0.5) is 0 Å². The lowest BCUT2D eigenvalue weighted by molar-refractivity contribution is -0.302. The number of allylic oxidation sites excluding steroid dienone is 1. The van der Waals surface area contributed by atoms with Gasteiger partial charge in [-0.25, -0.2) is 0 Å². The van der Waals surface area contributed by atoms with Crippen molar-refractivity contribution in [2.75, 3.05) is 6.61 Å². The van der Waals surface area contributed by atoms with Crippen LogP contribution >= 0.6 is 0 Å². The Morgan fingerprint density at radius 1 is 1.40 bits per heavy atom. The summed E-state index contributed by atoms with van der Waals surface area (Å²) in [6.45, 7) is 14.1.